The second-order valence-corrected chi connectivity index (χ2v) is 5.53. The number of alkyl halides is 1. The first kappa shape index (κ1) is 13.3. The summed E-state index contributed by atoms with van der Waals surface area (Å²) in [6, 6.07) is 2.91. The van der Waals surface area contributed by atoms with Crippen LogP contribution in [0.3, 0.4) is 0 Å². The SMILES string of the molecule is O=C(NCC1(CBr)CCCC1)c1ccc(=O)[nH]c1. The van der Waals surface area contributed by atoms with Gasteiger partial charge < -0.3 is 10.3 Å². The molecule has 0 saturated heterocycles. The number of amides is 1. The fourth-order valence-corrected chi connectivity index (χ4v) is 3.16. The number of hydrogen-bond donors (Lipinski definition) is 2. The fourth-order valence-electron chi connectivity index (χ4n) is 2.40. The average Bonchev–Trinajstić information content (AvgIpc) is 2.86. The Morgan fingerprint density at radius 1 is 1.39 bits per heavy atom. The molecule has 4 nitrogen and oxygen atoms in total. The standard InChI is InChI=1S/C13H17BrN2O2/c14-8-13(5-1-2-6-13)9-16-12(18)10-3-4-11(17)15-7-10/h3-4,7H,1-2,5-6,8-9H2,(H,15,17)(H,16,18). The van der Waals surface area contributed by atoms with Crippen molar-refractivity contribution in [2.75, 3.05) is 11.9 Å². The second kappa shape index (κ2) is 5.69. The number of nitrogens with one attached hydrogen (secondary N) is 2. The third-order valence-corrected chi connectivity index (χ3v) is 4.81. The van der Waals surface area contributed by atoms with Crippen LogP contribution in [0.4, 0.5) is 0 Å². The number of aromatic nitrogens is 1. The summed E-state index contributed by atoms with van der Waals surface area (Å²) in [5, 5.41) is 3.88. The molecule has 0 aliphatic heterocycles. The summed E-state index contributed by atoms with van der Waals surface area (Å²) in [6.07, 6.45) is 6.24. The summed E-state index contributed by atoms with van der Waals surface area (Å²) >= 11 is 3.55. The lowest BCUT2D eigenvalue weighted by Gasteiger charge is -2.26. The van der Waals surface area contributed by atoms with Gasteiger partial charge in [0, 0.05) is 24.1 Å². The van der Waals surface area contributed by atoms with E-state index in [1.54, 1.807) is 6.07 Å². The summed E-state index contributed by atoms with van der Waals surface area (Å²) in [5.41, 5.74) is 0.509. The monoisotopic (exact) mass is 312 g/mol. The first-order valence-corrected chi connectivity index (χ1v) is 7.30. The van der Waals surface area contributed by atoms with E-state index in [-0.39, 0.29) is 16.9 Å². The van der Waals surface area contributed by atoms with Gasteiger partial charge >= 0.3 is 0 Å². The lowest BCUT2D eigenvalue weighted by atomic mass is 9.89. The van der Waals surface area contributed by atoms with Crippen molar-refractivity contribution in [1.29, 1.82) is 0 Å². The van der Waals surface area contributed by atoms with E-state index in [1.165, 1.54) is 25.1 Å². The summed E-state index contributed by atoms with van der Waals surface area (Å²) in [7, 11) is 0. The van der Waals surface area contributed by atoms with Gasteiger partial charge in [0.25, 0.3) is 5.91 Å². The van der Waals surface area contributed by atoms with Gasteiger partial charge in [-0.15, -0.1) is 0 Å². The molecule has 5 heteroatoms. The maximum atomic E-state index is 11.9. The van der Waals surface area contributed by atoms with Crippen LogP contribution in [0.1, 0.15) is 36.0 Å². The molecule has 0 aromatic carbocycles. The number of pyridine rings is 1. The minimum atomic E-state index is -0.195. The molecule has 1 amide bonds. The molecule has 0 radical (unpaired) electrons. The first-order chi connectivity index (χ1) is 8.65. The molecule has 1 aromatic rings. The van der Waals surface area contributed by atoms with Crippen LogP contribution < -0.4 is 10.9 Å². The van der Waals surface area contributed by atoms with Crippen molar-refractivity contribution in [2.24, 2.45) is 5.41 Å². The Morgan fingerprint density at radius 3 is 2.67 bits per heavy atom. The zero-order chi connectivity index (χ0) is 13.0. The van der Waals surface area contributed by atoms with Crippen molar-refractivity contribution >= 4 is 21.8 Å². The van der Waals surface area contributed by atoms with Gasteiger partial charge in [-0.25, -0.2) is 0 Å². The highest BCUT2D eigenvalue weighted by molar-refractivity contribution is 9.09. The minimum absolute atomic E-state index is 0.126. The van der Waals surface area contributed by atoms with Crippen LogP contribution >= 0.6 is 15.9 Å². The molecule has 18 heavy (non-hydrogen) atoms. The number of H-pyrrole nitrogens is 1. The number of hydrogen-bond acceptors (Lipinski definition) is 2. The molecule has 2 rings (SSSR count). The number of halogens is 1. The quantitative estimate of drug-likeness (QED) is 0.836. The number of rotatable bonds is 4. The van der Waals surface area contributed by atoms with Crippen LogP contribution in [-0.2, 0) is 0 Å². The van der Waals surface area contributed by atoms with Gasteiger partial charge in [-0.3, -0.25) is 9.59 Å². The highest BCUT2D eigenvalue weighted by atomic mass is 79.9. The lowest BCUT2D eigenvalue weighted by molar-refractivity contribution is 0.0935. The molecule has 98 valence electrons. The van der Waals surface area contributed by atoms with Crippen LogP contribution in [-0.4, -0.2) is 22.8 Å². The predicted molar refractivity (Wildman–Crippen MR) is 74.1 cm³/mol. The van der Waals surface area contributed by atoms with Crippen LogP contribution in [0, 0.1) is 5.41 Å². The van der Waals surface area contributed by atoms with Gasteiger partial charge in [-0.1, -0.05) is 28.8 Å². The average molecular weight is 313 g/mol. The molecule has 1 aromatic heterocycles. The molecule has 1 fully saturated rings. The first-order valence-electron chi connectivity index (χ1n) is 6.18. The maximum absolute atomic E-state index is 11.9. The summed E-state index contributed by atoms with van der Waals surface area (Å²) in [4.78, 5) is 25.3. The summed E-state index contributed by atoms with van der Waals surface area (Å²) in [5.74, 6) is -0.126. The zero-order valence-electron chi connectivity index (χ0n) is 10.2. The molecule has 1 heterocycles. The third-order valence-electron chi connectivity index (χ3n) is 3.62. The highest BCUT2D eigenvalue weighted by Gasteiger charge is 2.33. The molecule has 1 saturated carbocycles. The largest absolute Gasteiger partial charge is 0.351 e. The van der Waals surface area contributed by atoms with Crippen LogP contribution in [0.15, 0.2) is 23.1 Å². The van der Waals surface area contributed by atoms with E-state index in [0.29, 0.717) is 12.1 Å². The topological polar surface area (TPSA) is 62.0 Å². The molecular weight excluding hydrogens is 296 g/mol. The molecule has 1 aliphatic carbocycles. The highest BCUT2D eigenvalue weighted by Crippen LogP contribution is 2.38. The number of aromatic amines is 1. The molecule has 0 atom stereocenters. The van der Waals surface area contributed by atoms with Crippen LogP contribution in [0.25, 0.3) is 0 Å². The van der Waals surface area contributed by atoms with Crippen LogP contribution in [0.5, 0.6) is 0 Å². The van der Waals surface area contributed by atoms with Crippen molar-refractivity contribution in [3.8, 4) is 0 Å². The van der Waals surface area contributed by atoms with Crippen molar-refractivity contribution in [3.63, 3.8) is 0 Å². The van der Waals surface area contributed by atoms with Gasteiger partial charge in [0.05, 0.1) is 5.56 Å². The Morgan fingerprint density at radius 2 is 2.11 bits per heavy atom. The minimum Gasteiger partial charge on any atom is -0.351 e. The van der Waals surface area contributed by atoms with E-state index < -0.39 is 0 Å². The predicted octanol–water partition coefficient (Wildman–Crippen LogP) is 2.06. The van der Waals surface area contributed by atoms with Crippen molar-refractivity contribution in [2.45, 2.75) is 25.7 Å². The van der Waals surface area contributed by atoms with E-state index in [2.05, 4.69) is 26.2 Å². The Balaban J connectivity index is 1.95. The van der Waals surface area contributed by atoms with Gasteiger partial charge in [0.1, 0.15) is 0 Å². The number of carbonyl (C=O) groups excluding carboxylic acids is 1. The normalized spacial score (nSPS) is 17.6. The summed E-state index contributed by atoms with van der Waals surface area (Å²) in [6.45, 7) is 0.691. The van der Waals surface area contributed by atoms with Crippen molar-refractivity contribution in [1.82, 2.24) is 10.3 Å². The fraction of sp³-hybridized carbons (Fsp3) is 0.538. The Labute approximate surface area is 114 Å². The lowest BCUT2D eigenvalue weighted by Crippen LogP contribution is -2.37. The Kier molecular flexibility index (Phi) is 4.22. The van der Waals surface area contributed by atoms with Gasteiger partial charge in [-0.05, 0) is 24.3 Å². The van der Waals surface area contributed by atoms with Crippen LogP contribution in [0.2, 0.25) is 0 Å². The van der Waals surface area contributed by atoms with E-state index in [4.69, 9.17) is 0 Å². The Bertz CT molecular complexity index is 458. The van der Waals surface area contributed by atoms with E-state index in [1.807, 2.05) is 0 Å². The smallest absolute Gasteiger partial charge is 0.252 e. The second-order valence-electron chi connectivity index (χ2n) is 4.97. The molecule has 1 aliphatic rings. The summed E-state index contributed by atoms with van der Waals surface area (Å²) < 4.78 is 0. The molecule has 0 bridgehead atoms. The van der Waals surface area contributed by atoms with E-state index in [0.717, 1.165) is 18.2 Å². The zero-order valence-corrected chi connectivity index (χ0v) is 11.8. The van der Waals surface area contributed by atoms with Crippen molar-refractivity contribution < 1.29 is 4.79 Å². The van der Waals surface area contributed by atoms with E-state index >= 15 is 0 Å². The molecule has 2 N–H and O–H groups in total. The van der Waals surface area contributed by atoms with Gasteiger partial charge in [0.2, 0.25) is 5.56 Å². The van der Waals surface area contributed by atoms with Crippen molar-refractivity contribution in [3.05, 3.63) is 34.2 Å². The van der Waals surface area contributed by atoms with E-state index in [9.17, 15) is 9.59 Å². The number of carbonyl (C=O) groups is 1. The Hall–Kier alpha value is -1.10. The third kappa shape index (κ3) is 3.02. The maximum Gasteiger partial charge on any atom is 0.252 e. The molecule has 0 unspecified atom stereocenters. The van der Waals surface area contributed by atoms with Gasteiger partial charge in [0.15, 0.2) is 0 Å². The van der Waals surface area contributed by atoms with Gasteiger partial charge in [-0.2, -0.15) is 0 Å². The molecular formula is C13H17BrN2O2. The molecule has 0 spiro atoms.